The van der Waals surface area contributed by atoms with Gasteiger partial charge < -0.3 is 95.4 Å². The zero-order valence-corrected chi connectivity index (χ0v) is 34.4. The van der Waals surface area contributed by atoms with Crippen molar-refractivity contribution in [2.45, 2.75) is 137 Å². The third kappa shape index (κ3) is 15.0. The third-order valence-corrected chi connectivity index (χ3v) is 10.3. The first kappa shape index (κ1) is 53.8. The Hall–Kier alpha value is -2.49. The van der Waals surface area contributed by atoms with Gasteiger partial charge in [0.1, 0.15) is 91.4 Å². The Bertz CT molecular complexity index is 1700. The van der Waals surface area contributed by atoms with Gasteiger partial charge in [-0.3, -0.25) is 23.5 Å². The quantitative estimate of drug-likeness (QED) is 0.0475. The molecule has 0 aromatic rings. The first-order valence-corrected chi connectivity index (χ1v) is 21.0. The number of amides is 3. The number of hydrogen-bond donors (Lipinski definition) is 15. The number of rotatable bonds is 21. The Morgan fingerprint density at radius 1 is 0.645 bits per heavy atom. The smallest absolute Gasteiger partial charge is 0.394 e. The molecule has 0 aromatic carbocycles. The topological polar surface area (TPSA) is 472 Å². The second-order valence-corrected chi connectivity index (χ2v) is 16.4. The summed E-state index contributed by atoms with van der Waals surface area (Å²) in [4.78, 5) is 36.3. The van der Waals surface area contributed by atoms with Crippen LogP contribution in [0.4, 0.5) is 0 Å². The Morgan fingerprint density at radius 2 is 1.13 bits per heavy atom. The average Bonchev–Trinajstić information content (AvgIpc) is 3.17. The molecule has 0 bridgehead atoms. The molecule has 0 saturated carbocycles. The van der Waals surface area contributed by atoms with E-state index >= 15 is 0 Å². The highest BCUT2D eigenvalue weighted by Gasteiger charge is 2.53. The van der Waals surface area contributed by atoms with E-state index in [4.69, 9.17) is 37.5 Å². The number of aliphatic hydroxyl groups is 10. The lowest BCUT2D eigenvalue weighted by molar-refractivity contribution is -0.349. The molecule has 3 heterocycles. The van der Waals surface area contributed by atoms with Crippen molar-refractivity contribution in [2.75, 3.05) is 33.0 Å². The van der Waals surface area contributed by atoms with Crippen molar-refractivity contribution >= 4 is 38.5 Å². The Labute approximate surface area is 352 Å². The van der Waals surface area contributed by atoms with Gasteiger partial charge in [0.15, 0.2) is 18.9 Å². The largest absolute Gasteiger partial charge is 0.397 e. The molecule has 3 amide bonds. The molecular formula is C30H53N3O27S2. The molecule has 0 spiro atoms. The summed E-state index contributed by atoms with van der Waals surface area (Å²) in [6.07, 6.45) is -31.8. The summed E-state index contributed by atoms with van der Waals surface area (Å²) in [7, 11) is -10.2. The maximum absolute atomic E-state index is 12.2. The third-order valence-electron chi connectivity index (χ3n) is 9.45. The molecule has 15 N–H and O–H groups in total. The maximum Gasteiger partial charge on any atom is 0.397 e. The molecule has 19 atom stereocenters. The SMILES string of the molecule is CC(=O)NC(CO)C(OC1OC(COS(=O)(=O)O)C(O)C(O)C1NC(C)=O)C(O)C(O)COC1OC(CO)C(OC2OC(COS(=O)(=O)O)C(O)C(O)C2O)C(O)C1NC(C)=O. The molecule has 0 aliphatic carbocycles. The highest BCUT2D eigenvalue weighted by atomic mass is 32.3. The first-order valence-electron chi connectivity index (χ1n) is 18.3. The van der Waals surface area contributed by atoms with Crippen molar-refractivity contribution < 1.29 is 128 Å². The van der Waals surface area contributed by atoms with Crippen LogP contribution in [-0.4, -0.2) is 244 Å². The second-order valence-electron chi connectivity index (χ2n) is 14.2. The molecule has 3 aliphatic heterocycles. The second kappa shape index (κ2) is 23.1. The number of nitrogens with one attached hydrogen (secondary N) is 3. The zero-order valence-electron chi connectivity index (χ0n) is 32.8. The van der Waals surface area contributed by atoms with Crippen molar-refractivity contribution in [3.8, 4) is 0 Å². The monoisotopic (exact) mass is 951 g/mol. The molecule has 362 valence electrons. The molecular weight excluding hydrogens is 898 g/mol. The molecule has 30 nitrogen and oxygen atoms in total. The van der Waals surface area contributed by atoms with Crippen LogP contribution in [0.2, 0.25) is 0 Å². The van der Waals surface area contributed by atoms with Crippen LogP contribution in [0.5, 0.6) is 0 Å². The van der Waals surface area contributed by atoms with E-state index in [1.165, 1.54) is 0 Å². The van der Waals surface area contributed by atoms with Crippen LogP contribution in [-0.2, 0) is 72.0 Å². The predicted octanol–water partition coefficient (Wildman–Crippen LogP) is -10.0. The van der Waals surface area contributed by atoms with Gasteiger partial charge in [-0.05, 0) is 0 Å². The zero-order chi connectivity index (χ0) is 47.0. The van der Waals surface area contributed by atoms with Crippen molar-refractivity contribution in [2.24, 2.45) is 0 Å². The normalized spacial score (nSPS) is 36.5. The van der Waals surface area contributed by atoms with Crippen LogP contribution in [0, 0.1) is 0 Å². The minimum absolute atomic E-state index is 0.832. The lowest BCUT2D eigenvalue weighted by Gasteiger charge is -2.47. The Balaban J connectivity index is 1.87. The lowest BCUT2D eigenvalue weighted by atomic mass is 9.95. The van der Waals surface area contributed by atoms with Crippen LogP contribution < -0.4 is 16.0 Å². The van der Waals surface area contributed by atoms with Gasteiger partial charge in [-0.1, -0.05) is 0 Å². The molecule has 3 aliphatic rings. The molecule has 0 aromatic heterocycles. The summed E-state index contributed by atoms with van der Waals surface area (Å²) in [5.74, 6) is -2.52. The van der Waals surface area contributed by atoms with E-state index in [-0.39, 0.29) is 0 Å². The Kier molecular flexibility index (Phi) is 20.1. The number of aliphatic hydroxyl groups excluding tert-OH is 10. The minimum Gasteiger partial charge on any atom is -0.394 e. The van der Waals surface area contributed by atoms with E-state index in [2.05, 4.69) is 24.3 Å². The van der Waals surface area contributed by atoms with Crippen molar-refractivity contribution in [3.63, 3.8) is 0 Å². The molecule has 3 fully saturated rings. The highest BCUT2D eigenvalue weighted by Crippen LogP contribution is 2.31. The van der Waals surface area contributed by atoms with Gasteiger partial charge in [-0.25, -0.2) is 8.37 Å². The molecule has 3 saturated heterocycles. The predicted molar refractivity (Wildman–Crippen MR) is 192 cm³/mol. The van der Waals surface area contributed by atoms with E-state index < -0.39 is 188 Å². The number of ether oxygens (including phenoxy) is 6. The standard InChI is InChI=1S/C30H53N3O27S2/c1-9(36)31-12(4-34)26(59-29-17(32-10(2)37)22(43)20(41)15(57-29)7-54-61(47,48)49)19(40)13(39)6-53-28-18(33-11(3)38)23(44)27(14(5-35)56-28)60-30-25(46)24(45)21(42)16(58-30)8-55-62(50,51)52/h12-30,34-35,39-46H,4-8H2,1-3H3,(H,31,36)(H,32,37)(H,33,38)(H,47,48,49)(H,50,51,52). The van der Waals surface area contributed by atoms with E-state index in [0.29, 0.717) is 0 Å². The summed E-state index contributed by atoms with van der Waals surface area (Å²) in [5.41, 5.74) is 0. The molecule has 62 heavy (non-hydrogen) atoms. The summed E-state index contributed by atoms with van der Waals surface area (Å²) in [6, 6.07) is -5.11. The first-order chi connectivity index (χ1) is 28.7. The summed E-state index contributed by atoms with van der Waals surface area (Å²) >= 11 is 0. The highest BCUT2D eigenvalue weighted by molar-refractivity contribution is 7.81. The van der Waals surface area contributed by atoms with Gasteiger partial charge >= 0.3 is 20.8 Å². The summed E-state index contributed by atoms with van der Waals surface area (Å²) in [5, 5.41) is 114. The van der Waals surface area contributed by atoms with Crippen molar-refractivity contribution in [1.82, 2.24) is 16.0 Å². The van der Waals surface area contributed by atoms with Gasteiger partial charge in [-0.15, -0.1) is 0 Å². The van der Waals surface area contributed by atoms with Crippen LogP contribution in [0.1, 0.15) is 20.8 Å². The Morgan fingerprint density at radius 3 is 1.60 bits per heavy atom. The van der Waals surface area contributed by atoms with Crippen LogP contribution in [0.25, 0.3) is 0 Å². The number of hydrogen-bond acceptors (Lipinski definition) is 25. The average molecular weight is 952 g/mol. The summed E-state index contributed by atoms with van der Waals surface area (Å²) in [6.45, 7) is -2.42. The van der Waals surface area contributed by atoms with Crippen LogP contribution in [0.3, 0.4) is 0 Å². The molecule has 32 heteroatoms. The number of carbonyl (C=O) groups excluding carboxylic acids is 3. The number of carbonyl (C=O) groups is 3. The fraction of sp³-hybridized carbons (Fsp3) is 0.900. The van der Waals surface area contributed by atoms with E-state index in [0.717, 1.165) is 20.8 Å². The van der Waals surface area contributed by atoms with Crippen LogP contribution in [0.15, 0.2) is 0 Å². The van der Waals surface area contributed by atoms with Gasteiger partial charge in [0.2, 0.25) is 17.7 Å². The van der Waals surface area contributed by atoms with Crippen molar-refractivity contribution in [3.05, 3.63) is 0 Å². The van der Waals surface area contributed by atoms with E-state index in [1.807, 2.05) is 0 Å². The lowest BCUT2D eigenvalue weighted by Crippen LogP contribution is -2.68. The minimum atomic E-state index is -5.13. The fourth-order valence-electron chi connectivity index (χ4n) is 6.54. The van der Waals surface area contributed by atoms with Crippen molar-refractivity contribution in [1.29, 1.82) is 0 Å². The van der Waals surface area contributed by atoms with Gasteiger partial charge in [0.25, 0.3) is 0 Å². The van der Waals surface area contributed by atoms with Gasteiger partial charge in [0.05, 0.1) is 39.1 Å². The molecule has 3 rings (SSSR count). The van der Waals surface area contributed by atoms with Crippen LogP contribution >= 0.6 is 0 Å². The molecule has 0 radical (unpaired) electrons. The van der Waals surface area contributed by atoms with E-state index in [1.54, 1.807) is 0 Å². The van der Waals surface area contributed by atoms with Gasteiger partial charge in [0, 0.05) is 20.8 Å². The fourth-order valence-corrected chi connectivity index (χ4v) is 7.15. The summed E-state index contributed by atoms with van der Waals surface area (Å²) < 4.78 is 104. The molecule has 19 unspecified atom stereocenters. The maximum atomic E-state index is 12.2. The van der Waals surface area contributed by atoms with E-state index in [9.17, 15) is 82.3 Å². The van der Waals surface area contributed by atoms with Gasteiger partial charge in [-0.2, -0.15) is 16.8 Å².